The van der Waals surface area contributed by atoms with Crippen molar-refractivity contribution in [3.8, 4) is 0 Å². The van der Waals surface area contributed by atoms with Crippen LogP contribution in [0, 0.1) is 17.6 Å². The molecule has 0 unspecified atom stereocenters. The highest BCUT2D eigenvalue weighted by Crippen LogP contribution is 2.20. The van der Waals surface area contributed by atoms with Crippen LogP contribution in [0.2, 0.25) is 0 Å². The van der Waals surface area contributed by atoms with E-state index in [0.29, 0.717) is 30.2 Å². The van der Waals surface area contributed by atoms with E-state index < -0.39 is 11.6 Å². The van der Waals surface area contributed by atoms with Gasteiger partial charge in [0.15, 0.2) is 11.6 Å². The molecule has 0 saturated carbocycles. The van der Waals surface area contributed by atoms with Crippen LogP contribution < -0.4 is 0 Å². The van der Waals surface area contributed by atoms with E-state index in [0.717, 1.165) is 38.4 Å². The average Bonchev–Trinajstić information content (AvgIpc) is 2.90. The van der Waals surface area contributed by atoms with Crippen LogP contribution >= 0.6 is 0 Å². The van der Waals surface area contributed by atoms with Crippen molar-refractivity contribution >= 4 is 5.91 Å². The van der Waals surface area contributed by atoms with Gasteiger partial charge < -0.3 is 4.90 Å². The summed E-state index contributed by atoms with van der Waals surface area (Å²) in [4.78, 5) is 13.3. The van der Waals surface area contributed by atoms with Gasteiger partial charge in [-0.1, -0.05) is 38.5 Å². The van der Waals surface area contributed by atoms with Crippen molar-refractivity contribution in [2.24, 2.45) is 5.92 Å². The molecule has 0 bridgehead atoms. The van der Waals surface area contributed by atoms with Crippen molar-refractivity contribution in [1.82, 2.24) is 4.90 Å². The van der Waals surface area contributed by atoms with Gasteiger partial charge in [0.1, 0.15) is 0 Å². The highest BCUT2D eigenvalue weighted by Gasteiger charge is 2.26. The van der Waals surface area contributed by atoms with E-state index >= 15 is 0 Å². The van der Waals surface area contributed by atoms with Gasteiger partial charge in [-0.15, -0.1) is 6.58 Å². The Morgan fingerprint density at radius 1 is 1.35 bits per heavy atom. The van der Waals surface area contributed by atoms with Gasteiger partial charge in [0.05, 0.1) is 0 Å². The maximum absolute atomic E-state index is 12.9. The molecular formula is C19H27F2NO. The lowest BCUT2D eigenvalue weighted by atomic mass is 10.1. The molecule has 0 N–H and O–H groups in total. The third-order valence-electron chi connectivity index (χ3n) is 4.01. The number of nitrogens with zero attached hydrogens (tertiary/aromatic N) is 1. The number of rotatable bonds is 6. The number of halogens is 2. The topological polar surface area (TPSA) is 20.3 Å². The largest absolute Gasteiger partial charge is 0.342 e. The second-order valence-corrected chi connectivity index (χ2v) is 5.86. The molecule has 1 aromatic rings. The number of hydrogen-bond acceptors (Lipinski definition) is 1. The number of aryl methyl sites for hydroxylation is 1. The number of likely N-dealkylation sites (tertiary alicyclic amines) is 1. The van der Waals surface area contributed by atoms with Crippen LogP contribution in [0.15, 0.2) is 30.9 Å². The van der Waals surface area contributed by atoms with Crippen molar-refractivity contribution in [2.45, 2.75) is 46.0 Å². The van der Waals surface area contributed by atoms with Crippen molar-refractivity contribution in [2.75, 3.05) is 13.1 Å². The monoisotopic (exact) mass is 323 g/mol. The Morgan fingerprint density at radius 3 is 2.65 bits per heavy atom. The molecule has 0 aliphatic carbocycles. The molecule has 1 saturated heterocycles. The molecule has 1 amide bonds. The quantitative estimate of drug-likeness (QED) is 0.693. The van der Waals surface area contributed by atoms with Crippen LogP contribution in [0.1, 0.15) is 45.1 Å². The van der Waals surface area contributed by atoms with Crippen LogP contribution in [0.5, 0.6) is 0 Å². The van der Waals surface area contributed by atoms with Gasteiger partial charge in [0.2, 0.25) is 5.91 Å². The first-order valence-corrected chi connectivity index (χ1v) is 8.34. The summed E-state index contributed by atoms with van der Waals surface area (Å²) in [6, 6.07) is 4.21. The number of allylic oxidation sites excluding steroid dienone is 1. The van der Waals surface area contributed by atoms with Crippen molar-refractivity contribution in [3.05, 3.63) is 48.1 Å². The summed E-state index contributed by atoms with van der Waals surface area (Å²) in [5.41, 5.74) is 0.412. The molecule has 128 valence electrons. The Labute approximate surface area is 138 Å². The molecule has 1 fully saturated rings. The van der Waals surface area contributed by atoms with Crippen molar-refractivity contribution in [3.63, 3.8) is 0 Å². The summed E-state index contributed by atoms with van der Waals surface area (Å²) in [5.74, 6) is -0.524. The minimum Gasteiger partial charge on any atom is -0.342 e. The molecule has 2 nitrogen and oxygen atoms in total. The fourth-order valence-corrected chi connectivity index (χ4v) is 2.61. The van der Waals surface area contributed by atoms with Gasteiger partial charge in [-0.25, -0.2) is 8.78 Å². The normalized spacial score (nSPS) is 17.0. The Balaban J connectivity index is 0.000000231. The zero-order valence-electron chi connectivity index (χ0n) is 14.2. The highest BCUT2D eigenvalue weighted by molar-refractivity contribution is 5.78. The number of hydrogen-bond donors (Lipinski definition) is 0. The van der Waals surface area contributed by atoms with Gasteiger partial charge in [-0.3, -0.25) is 4.79 Å². The maximum atomic E-state index is 12.9. The molecule has 1 aliphatic rings. The van der Waals surface area contributed by atoms with E-state index in [1.165, 1.54) is 6.07 Å². The van der Waals surface area contributed by atoms with Crippen molar-refractivity contribution in [1.29, 1.82) is 0 Å². The summed E-state index contributed by atoms with van der Waals surface area (Å²) in [7, 11) is 0. The molecule has 4 heteroatoms. The van der Waals surface area contributed by atoms with Crippen LogP contribution in [-0.2, 0) is 11.2 Å². The summed E-state index contributed by atoms with van der Waals surface area (Å²) < 4.78 is 25.5. The van der Waals surface area contributed by atoms with Crippen molar-refractivity contribution < 1.29 is 13.6 Å². The van der Waals surface area contributed by atoms with Gasteiger partial charge in [0, 0.05) is 19.5 Å². The Morgan fingerprint density at radius 2 is 2.09 bits per heavy atom. The molecule has 1 aliphatic heterocycles. The molecular weight excluding hydrogens is 296 g/mol. The molecule has 2 rings (SSSR count). The fraction of sp³-hybridized carbons (Fsp3) is 0.526. The first-order chi connectivity index (χ1) is 11.0. The minimum atomic E-state index is -0.781. The van der Waals surface area contributed by atoms with E-state index in [1.807, 2.05) is 4.90 Å². The van der Waals surface area contributed by atoms with E-state index in [4.69, 9.17) is 0 Å². The second-order valence-electron chi connectivity index (χ2n) is 5.86. The molecule has 0 spiro atoms. The summed E-state index contributed by atoms with van der Waals surface area (Å²) >= 11 is 0. The van der Waals surface area contributed by atoms with E-state index in [9.17, 15) is 13.6 Å². The highest BCUT2D eigenvalue weighted by atomic mass is 19.2. The SMILES string of the molecule is C=CCCc1cccc(F)c1F.CCCN1C[C@@H](CC)CC1=O. The predicted octanol–water partition coefficient (Wildman–Crippen LogP) is 4.74. The second kappa shape index (κ2) is 10.1. The van der Waals surface area contributed by atoms with Crippen LogP contribution in [0.3, 0.4) is 0 Å². The van der Waals surface area contributed by atoms with Crippen LogP contribution in [-0.4, -0.2) is 23.9 Å². The zero-order chi connectivity index (χ0) is 17.2. The molecule has 23 heavy (non-hydrogen) atoms. The fourth-order valence-electron chi connectivity index (χ4n) is 2.61. The van der Waals surface area contributed by atoms with Crippen LogP contribution in [0.4, 0.5) is 8.78 Å². The minimum absolute atomic E-state index is 0.360. The summed E-state index contributed by atoms with van der Waals surface area (Å²) in [6.07, 6.45) is 5.88. The van der Waals surface area contributed by atoms with Gasteiger partial charge in [0.25, 0.3) is 0 Å². The summed E-state index contributed by atoms with van der Waals surface area (Å²) in [6.45, 7) is 9.75. The first-order valence-electron chi connectivity index (χ1n) is 8.34. The first kappa shape index (κ1) is 19.3. The lowest BCUT2D eigenvalue weighted by Crippen LogP contribution is -2.25. The number of amides is 1. The third-order valence-corrected chi connectivity index (χ3v) is 4.01. The van der Waals surface area contributed by atoms with E-state index in [2.05, 4.69) is 20.4 Å². The van der Waals surface area contributed by atoms with Gasteiger partial charge in [-0.2, -0.15) is 0 Å². The zero-order valence-corrected chi connectivity index (χ0v) is 14.2. The molecule has 0 radical (unpaired) electrons. The maximum Gasteiger partial charge on any atom is 0.222 e. The van der Waals surface area contributed by atoms with E-state index in [1.54, 1.807) is 12.1 Å². The Bertz CT molecular complexity index is 516. The lowest BCUT2D eigenvalue weighted by Gasteiger charge is -2.14. The predicted molar refractivity (Wildman–Crippen MR) is 90.1 cm³/mol. The number of carbonyl (C=O) groups is 1. The number of benzene rings is 1. The van der Waals surface area contributed by atoms with E-state index in [-0.39, 0.29) is 0 Å². The molecule has 1 atom stereocenters. The third kappa shape index (κ3) is 6.12. The van der Waals surface area contributed by atoms with Crippen LogP contribution in [0.25, 0.3) is 0 Å². The molecule has 1 aromatic carbocycles. The molecule has 1 heterocycles. The molecule has 0 aromatic heterocycles. The Kier molecular flexibility index (Phi) is 8.52. The average molecular weight is 323 g/mol. The smallest absolute Gasteiger partial charge is 0.222 e. The Hall–Kier alpha value is -1.71. The van der Waals surface area contributed by atoms with Gasteiger partial charge >= 0.3 is 0 Å². The number of carbonyl (C=O) groups excluding carboxylic acids is 1. The van der Waals surface area contributed by atoms with Gasteiger partial charge in [-0.05, 0) is 36.8 Å². The summed E-state index contributed by atoms with van der Waals surface area (Å²) in [5, 5.41) is 0. The lowest BCUT2D eigenvalue weighted by molar-refractivity contribution is -0.127. The standard InChI is InChI=1S/C10H10F2.C9H17NO/c1-2-3-5-8-6-4-7-9(11)10(8)12;1-3-5-10-7-8(4-2)6-9(10)11/h2,4,6-7H,1,3,5H2;8H,3-7H2,1-2H3/t;8-/m.0/s1.